The molecule has 0 aliphatic rings. The zero-order valence-corrected chi connectivity index (χ0v) is 18.8. The summed E-state index contributed by atoms with van der Waals surface area (Å²) in [7, 11) is 1.65. The van der Waals surface area contributed by atoms with Gasteiger partial charge in [-0.15, -0.1) is 16.8 Å². The van der Waals surface area contributed by atoms with E-state index in [0.29, 0.717) is 6.54 Å². The molecule has 0 N–H and O–H groups in total. The number of thioether (sulfide) groups is 1. The Labute approximate surface area is 187 Å². The molecule has 7 heteroatoms. The molecule has 0 fully saturated rings. The quantitative estimate of drug-likeness (QED) is 0.310. The first-order valence-electron chi connectivity index (χ1n) is 10.3. The van der Waals surface area contributed by atoms with E-state index in [4.69, 9.17) is 4.74 Å². The van der Waals surface area contributed by atoms with Gasteiger partial charge in [-0.3, -0.25) is 4.79 Å². The third kappa shape index (κ3) is 5.76. The monoisotopic (exact) mass is 436 g/mol. The number of carbonyl (C=O) groups excluding carboxylic acids is 1. The average Bonchev–Trinajstić information content (AvgIpc) is 3.22. The second kappa shape index (κ2) is 11.4. The Morgan fingerprint density at radius 1 is 1.16 bits per heavy atom. The molecule has 0 atom stereocenters. The minimum atomic E-state index is 0.00661. The zero-order chi connectivity index (χ0) is 22.1. The molecule has 0 aliphatic heterocycles. The van der Waals surface area contributed by atoms with Crippen LogP contribution in [0.25, 0.3) is 11.4 Å². The molecule has 0 unspecified atom stereocenters. The first-order valence-corrected chi connectivity index (χ1v) is 11.3. The van der Waals surface area contributed by atoms with Gasteiger partial charge in [0.05, 0.1) is 12.9 Å². The van der Waals surface area contributed by atoms with Crippen molar-refractivity contribution in [2.24, 2.45) is 0 Å². The van der Waals surface area contributed by atoms with Crippen molar-refractivity contribution < 1.29 is 9.53 Å². The van der Waals surface area contributed by atoms with E-state index in [2.05, 4.69) is 28.3 Å². The second-order valence-electron chi connectivity index (χ2n) is 6.96. The number of methoxy groups -OCH3 is 1. The number of aromatic nitrogens is 3. The Bertz CT molecular complexity index is 987. The van der Waals surface area contributed by atoms with Gasteiger partial charge in [0.15, 0.2) is 11.0 Å². The lowest BCUT2D eigenvalue weighted by Gasteiger charge is -2.21. The third-order valence-corrected chi connectivity index (χ3v) is 5.76. The number of nitrogens with zero attached hydrogens (tertiary/aromatic N) is 4. The molecule has 0 aliphatic carbocycles. The van der Waals surface area contributed by atoms with Crippen LogP contribution in [0.4, 0.5) is 5.69 Å². The Kier molecular flexibility index (Phi) is 8.29. The maximum Gasteiger partial charge on any atom is 0.237 e. The van der Waals surface area contributed by atoms with E-state index < -0.39 is 0 Å². The van der Waals surface area contributed by atoms with E-state index in [9.17, 15) is 4.79 Å². The van der Waals surface area contributed by atoms with Crippen molar-refractivity contribution in [1.29, 1.82) is 0 Å². The summed E-state index contributed by atoms with van der Waals surface area (Å²) in [4.78, 5) is 14.7. The highest BCUT2D eigenvalue weighted by Crippen LogP contribution is 2.27. The predicted octanol–water partition coefficient (Wildman–Crippen LogP) is 5.07. The number of anilines is 1. The summed E-state index contributed by atoms with van der Waals surface area (Å²) in [6.07, 6.45) is 3.81. The minimum Gasteiger partial charge on any atom is -0.497 e. The van der Waals surface area contributed by atoms with Gasteiger partial charge in [0.25, 0.3) is 0 Å². The number of carbonyl (C=O) groups is 1. The van der Waals surface area contributed by atoms with Gasteiger partial charge in [-0.1, -0.05) is 49.4 Å². The van der Waals surface area contributed by atoms with Gasteiger partial charge in [-0.2, -0.15) is 0 Å². The molecule has 3 aromatic rings. The zero-order valence-electron chi connectivity index (χ0n) is 18.0. The number of para-hydroxylation sites is 1. The fourth-order valence-electron chi connectivity index (χ4n) is 3.16. The van der Waals surface area contributed by atoms with Crippen molar-refractivity contribution in [1.82, 2.24) is 14.8 Å². The number of hydrogen-bond acceptors (Lipinski definition) is 5. The van der Waals surface area contributed by atoms with Crippen LogP contribution in [0.2, 0.25) is 0 Å². The fraction of sp³-hybridized carbons (Fsp3) is 0.292. The van der Waals surface area contributed by atoms with Crippen LogP contribution in [0.1, 0.15) is 19.8 Å². The molecular weight excluding hydrogens is 408 g/mol. The number of benzene rings is 2. The van der Waals surface area contributed by atoms with Crippen LogP contribution in [0.15, 0.2) is 72.4 Å². The molecule has 2 aromatic carbocycles. The molecule has 1 aromatic heterocycles. The van der Waals surface area contributed by atoms with Crippen LogP contribution >= 0.6 is 11.8 Å². The lowest BCUT2D eigenvalue weighted by molar-refractivity contribution is -0.116. The molecule has 6 nitrogen and oxygen atoms in total. The maximum absolute atomic E-state index is 13.0. The Morgan fingerprint density at radius 3 is 2.55 bits per heavy atom. The van der Waals surface area contributed by atoms with E-state index in [1.165, 1.54) is 11.8 Å². The van der Waals surface area contributed by atoms with Crippen LogP contribution in [-0.2, 0) is 11.3 Å². The molecule has 0 bridgehead atoms. The molecule has 0 saturated heterocycles. The van der Waals surface area contributed by atoms with Crippen LogP contribution in [0.5, 0.6) is 5.75 Å². The van der Waals surface area contributed by atoms with E-state index in [1.54, 1.807) is 18.1 Å². The number of hydrogen-bond donors (Lipinski definition) is 0. The molecule has 1 heterocycles. The van der Waals surface area contributed by atoms with Crippen molar-refractivity contribution in [3.63, 3.8) is 0 Å². The fourth-order valence-corrected chi connectivity index (χ4v) is 4.00. The number of amides is 1. The molecule has 31 heavy (non-hydrogen) atoms. The van der Waals surface area contributed by atoms with Crippen LogP contribution in [0, 0.1) is 0 Å². The highest BCUT2D eigenvalue weighted by molar-refractivity contribution is 7.99. The van der Waals surface area contributed by atoms with Gasteiger partial charge in [0.2, 0.25) is 5.91 Å². The Balaban J connectivity index is 1.79. The highest BCUT2D eigenvalue weighted by Gasteiger charge is 2.19. The molecule has 0 radical (unpaired) electrons. The summed E-state index contributed by atoms with van der Waals surface area (Å²) in [5.41, 5.74) is 1.83. The molecular formula is C24H28N4O2S. The first-order chi connectivity index (χ1) is 15.2. The SMILES string of the molecule is C=CCN(C(=O)CSc1nnc(-c2ccc(OC)cc2)n1CCCC)c1ccccc1. The normalized spacial score (nSPS) is 10.6. The lowest BCUT2D eigenvalue weighted by atomic mass is 10.2. The van der Waals surface area contributed by atoms with Gasteiger partial charge in [-0.25, -0.2) is 0 Å². The summed E-state index contributed by atoms with van der Waals surface area (Å²) in [5, 5.41) is 9.56. The van der Waals surface area contributed by atoms with Gasteiger partial charge in [-0.05, 0) is 42.8 Å². The summed E-state index contributed by atoms with van der Waals surface area (Å²) in [6.45, 7) is 7.20. The van der Waals surface area contributed by atoms with Crippen molar-refractivity contribution in [3.05, 3.63) is 67.3 Å². The Hall–Kier alpha value is -3.06. The topological polar surface area (TPSA) is 60.3 Å². The summed E-state index contributed by atoms with van der Waals surface area (Å²) >= 11 is 1.42. The van der Waals surface area contributed by atoms with Crippen molar-refractivity contribution >= 4 is 23.4 Å². The average molecular weight is 437 g/mol. The van der Waals surface area contributed by atoms with E-state index in [-0.39, 0.29) is 11.7 Å². The van der Waals surface area contributed by atoms with Crippen molar-refractivity contribution in [3.8, 4) is 17.1 Å². The molecule has 1 amide bonds. The largest absolute Gasteiger partial charge is 0.497 e. The van der Waals surface area contributed by atoms with Gasteiger partial charge in [0.1, 0.15) is 5.75 Å². The van der Waals surface area contributed by atoms with Crippen molar-refractivity contribution in [2.45, 2.75) is 31.5 Å². The van der Waals surface area contributed by atoms with Gasteiger partial charge in [0, 0.05) is 24.3 Å². The van der Waals surface area contributed by atoms with Crippen LogP contribution in [-0.4, -0.2) is 40.1 Å². The summed E-state index contributed by atoms with van der Waals surface area (Å²) < 4.78 is 7.35. The number of rotatable bonds is 11. The van der Waals surface area contributed by atoms with Crippen molar-refractivity contribution in [2.75, 3.05) is 24.3 Å². The predicted molar refractivity (Wildman–Crippen MR) is 127 cm³/mol. The van der Waals surface area contributed by atoms with Gasteiger partial charge < -0.3 is 14.2 Å². The van der Waals surface area contributed by atoms with Gasteiger partial charge >= 0.3 is 0 Å². The Morgan fingerprint density at radius 2 is 1.90 bits per heavy atom. The summed E-state index contributed by atoms with van der Waals surface area (Å²) in [6, 6.07) is 17.4. The maximum atomic E-state index is 13.0. The van der Waals surface area contributed by atoms with Crippen LogP contribution < -0.4 is 9.64 Å². The molecule has 0 spiro atoms. The molecule has 162 valence electrons. The highest BCUT2D eigenvalue weighted by atomic mass is 32.2. The first kappa shape index (κ1) is 22.6. The molecule has 3 rings (SSSR count). The number of ether oxygens (including phenoxy) is 1. The van der Waals surface area contributed by atoms with E-state index in [0.717, 1.165) is 47.4 Å². The van der Waals surface area contributed by atoms with E-state index in [1.807, 2.05) is 54.6 Å². The second-order valence-corrected chi connectivity index (χ2v) is 7.90. The third-order valence-electron chi connectivity index (χ3n) is 4.81. The summed E-state index contributed by atoms with van der Waals surface area (Å²) in [5.74, 6) is 1.88. The van der Waals surface area contributed by atoms with E-state index >= 15 is 0 Å². The molecule has 0 saturated carbocycles. The van der Waals surface area contributed by atoms with Crippen LogP contribution in [0.3, 0.4) is 0 Å². The smallest absolute Gasteiger partial charge is 0.237 e. The standard InChI is InChI=1S/C24H28N4O2S/c1-4-6-17-28-23(19-12-14-21(30-3)15-13-19)25-26-24(28)31-18-22(29)27(16-5-2)20-10-8-7-9-11-20/h5,7-15H,2,4,6,16-18H2,1,3H3. The minimum absolute atomic E-state index is 0.00661. The lowest BCUT2D eigenvalue weighted by Crippen LogP contribution is -2.32. The number of unbranched alkanes of at least 4 members (excludes halogenated alkanes) is 1.